The number of halogens is 1. The highest BCUT2D eigenvalue weighted by Gasteiger charge is 2.18. The van der Waals surface area contributed by atoms with Crippen LogP contribution in [0, 0.1) is 5.82 Å². The summed E-state index contributed by atoms with van der Waals surface area (Å²) in [5, 5.41) is 0. The van der Waals surface area contributed by atoms with Crippen LogP contribution in [0.5, 0.6) is 11.5 Å². The molecule has 0 atom stereocenters. The molecule has 0 saturated carbocycles. The van der Waals surface area contributed by atoms with E-state index in [4.69, 9.17) is 13.9 Å². The van der Waals surface area contributed by atoms with Crippen molar-refractivity contribution < 1.29 is 31.5 Å². The number of ether oxygens (including phenoxy) is 2. The van der Waals surface area contributed by atoms with Gasteiger partial charge in [0.15, 0.2) is 15.6 Å². The molecule has 1 heterocycles. The van der Waals surface area contributed by atoms with Crippen LogP contribution in [0.2, 0.25) is 0 Å². The highest BCUT2D eigenvalue weighted by atomic mass is 32.2. The van der Waals surface area contributed by atoms with Gasteiger partial charge in [0.1, 0.15) is 23.9 Å². The molecule has 0 unspecified atom stereocenters. The molecule has 0 bridgehead atoms. The molecule has 30 heavy (non-hydrogen) atoms. The first-order chi connectivity index (χ1) is 14.1. The van der Waals surface area contributed by atoms with Gasteiger partial charge >= 0.3 is 5.97 Å². The lowest BCUT2D eigenvalue weighted by Gasteiger charge is -2.12. The predicted octanol–water partition coefficient (Wildman–Crippen LogP) is 3.70. The molecule has 0 aliphatic carbocycles. The molecule has 0 aliphatic heterocycles. The van der Waals surface area contributed by atoms with Crippen molar-refractivity contribution in [2.24, 2.45) is 0 Å². The molecule has 0 fully saturated rings. The van der Waals surface area contributed by atoms with Gasteiger partial charge in [0.2, 0.25) is 11.2 Å². The number of sulfone groups is 1. The zero-order chi connectivity index (χ0) is 21.9. The maximum absolute atomic E-state index is 13.2. The number of carbonyl (C=O) groups excluding carboxylic acids is 1. The summed E-state index contributed by atoms with van der Waals surface area (Å²) < 4.78 is 52.8. The molecule has 0 amide bonds. The van der Waals surface area contributed by atoms with Gasteiger partial charge in [0.05, 0.1) is 4.90 Å². The summed E-state index contributed by atoms with van der Waals surface area (Å²) in [7, 11) is -3.42. The Hall–Kier alpha value is -3.46. The van der Waals surface area contributed by atoms with Gasteiger partial charge in [-0.3, -0.25) is 9.59 Å². The molecule has 156 valence electrons. The second kappa shape index (κ2) is 8.50. The zero-order valence-corrected chi connectivity index (χ0v) is 16.9. The fraction of sp³-hybridized carbons (Fsp3) is 0.143. The Balaban J connectivity index is 2.09. The van der Waals surface area contributed by atoms with E-state index in [1.807, 2.05) is 0 Å². The summed E-state index contributed by atoms with van der Waals surface area (Å²) in [6.07, 6.45) is 1.07. The molecule has 2 aromatic carbocycles. The fourth-order valence-corrected chi connectivity index (χ4v) is 3.17. The van der Waals surface area contributed by atoms with Crippen molar-refractivity contribution in [3.63, 3.8) is 0 Å². The predicted molar refractivity (Wildman–Crippen MR) is 105 cm³/mol. The van der Waals surface area contributed by atoms with Crippen LogP contribution in [-0.4, -0.2) is 20.6 Å². The number of rotatable bonds is 6. The van der Waals surface area contributed by atoms with Gasteiger partial charge in [-0.15, -0.1) is 0 Å². The quantitative estimate of drug-likeness (QED) is 0.548. The lowest BCUT2D eigenvalue weighted by molar-refractivity contribution is -0.142. The van der Waals surface area contributed by atoms with Crippen LogP contribution in [0.1, 0.15) is 12.7 Å². The van der Waals surface area contributed by atoms with Gasteiger partial charge in [-0.25, -0.2) is 12.8 Å². The Morgan fingerprint density at radius 3 is 2.27 bits per heavy atom. The number of hydrogen-bond donors (Lipinski definition) is 0. The van der Waals surface area contributed by atoms with Gasteiger partial charge in [0, 0.05) is 24.8 Å². The van der Waals surface area contributed by atoms with Crippen LogP contribution in [0.25, 0.3) is 11.3 Å². The molecule has 9 heteroatoms. The van der Waals surface area contributed by atoms with Crippen molar-refractivity contribution in [2.75, 3.05) is 6.26 Å². The first-order valence-electron chi connectivity index (χ1n) is 8.68. The summed E-state index contributed by atoms with van der Waals surface area (Å²) in [6, 6.07) is 11.8. The van der Waals surface area contributed by atoms with E-state index < -0.39 is 27.1 Å². The van der Waals surface area contributed by atoms with Gasteiger partial charge in [-0.2, -0.15) is 0 Å². The third-order valence-electron chi connectivity index (χ3n) is 3.95. The molecule has 3 aromatic rings. The number of benzene rings is 2. The van der Waals surface area contributed by atoms with E-state index in [0.717, 1.165) is 12.3 Å². The Bertz CT molecular complexity index is 1230. The molecule has 1 aromatic heterocycles. The molecule has 0 radical (unpaired) electrons. The molecule has 3 rings (SSSR count). The van der Waals surface area contributed by atoms with Crippen molar-refractivity contribution >= 4 is 15.8 Å². The topological polar surface area (TPSA) is 99.9 Å². The monoisotopic (exact) mass is 432 g/mol. The molecule has 0 aliphatic rings. The Morgan fingerprint density at radius 1 is 1.07 bits per heavy atom. The lowest BCUT2D eigenvalue weighted by Crippen LogP contribution is -2.09. The van der Waals surface area contributed by atoms with Crippen LogP contribution in [0.15, 0.2) is 68.7 Å². The molecule has 7 nitrogen and oxygen atoms in total. The number of carbonyl (C=O) groups is 1. The van der Waals surface area contributed by atoms with Crippen LogP contribution < -0.4 is 10.2 Å². The van der Waals surface area contributed by atoms with Crippen molar-refractivity contribution in [3.05, 3.63) is 76.4 Å². The maximum atomic E-state index is 13.2. The minimum atomic E-state index is -3.42. The normalized spacial score (nSPS) is 11.2. The SMILES string of the molecule is CC(=O)OCc1cc(=O)c(Oc2ccc(F)cc2)c(-c2ccc(S(C)(=O)=O)cc2)o1. The maximum Gasteiger partial charge on any atom is 0.303 e. The second-order valence-corrected chi connectivity index (χ2v) is 8.38. The molecular weight excluding hydrogens is 415 g/mol. The minimum absolute atomic E-state index is 0.00836. The Labute approximate surface area is 171 Å². The van der Waals surface area contributed by atoms with Crippen LogP contribution >= 0.6 is 0 Å². The third kappa shape index (κ3) is 5.12. The highest BCUT2D eigenvalue weighted by molar-refractivity contribution is 7.90. The first kappa shape index (κ1) is 21.3. The van der Waals surface area contributed by atoms with E-state index in [-0.39, 0.29) is 34.5 Å². The summed E-state index contributed by atoms with van der Waals surface area (Å²) >= 11 is 0. The molecule has 0 saturated heterocycles. The summed E-state index contributed by atoms with van der Waals surface area (Å²) in [6.45, 7) is 0.949. The molecule has 0 N–H and O–H groups in total. The standard InChI is InChI=1S/C21H17FO7S/c1-13(23)27-12-17-11-19(24)21(28-16-7-5-15(22)6-8-16)20(29-17)14-3-9-18(10-4-14)30(2,25)26/h3-11H,12H2,1-2H3. The van der Waals surface area contributed by atoms with E-state index in [1.165, 1.54) is 55.5 Å². The zero-order valence-electron chi connectivity index (χ0n) is 16.0. The van der Waals surface area contributed by atoms with Crippen molar-refractivity contribution in [2.45, 2.75) is 18.4 Å². The van der Waals surface area contributed by atoms with Crippen molar-refractivity contribution in [3.8, 4) is 22.8 Å². The smallest absolute Gasteiger partial charge is 0.303 e. The van der Waals surface area contributed by atoms with E-state index in [0.29, 0.717) is 5.56 Å². The average Bonchev–Trinajstić information content (AvgIpc) is 2.69. The minimum Gasteiger partial charge on any atom is -0.458 e. The van der Waals surface area contributed by atoms with Gasteiger partial charge < -0.3 is 13.9 Å². The molecule has 0 spiro atoms. The van der Waals surface area contributed by atoms with Crippen molar-refractivity contribution in [1.29, 1.82) is 0 Å². The third-order valence-corrected chi connectivity index (χ3v) is 5.08. The van der Waals surface area contributed by atoms with E-state index >= 15 is 0 Å². The fourth-order valence-electron chi connectivity index (χ4n) is 2.54. The largest absolute Gasteiger partial charge is 0.458 e. The highest BCUT2D eigenvalue weighted by Crippen LogP contribution is 2.32. The summed E-state index contributed by atoms with van der Waals surface area (Å²) in [4.78, 5) is 23.8. The summed E-state index contributed by atoms with van der Waals surface area (Å²) in [5.74, 6) is -0.922. The lowest BCUT2D eigenvalue weighted by atomic mass is 10.1. The van der Waals surface area contributed by atoms with E-state index in [2.05, 4.69) is 0 Å². The molecular formula is C21H17FO7S. The Morgan fingerprint density at radius 2 is 1.70 bits per heavy atom. The van der Waals surface area contributed by atoms with Crippen LogP contribution in [-0.2, 0) is 26.0 Å². The van der Waals surface area contributed by atoms with Crippen molar-refractivity contribution in [1.82, 2.24) is 0 Å². The number of esters is 1. The van der Waals surface area contributed by atoms with Crippen LogP contribution in [0.3, 0.4) is 0 Å². The van der Waals surface area contributed by atoms with Crippen LogP contribution in [0.4, 0.5) is 4.39 Å². The number of hydrogen-bond acceptors (Lipinski definition) is 7. The van der Waals surface area contributed by atoms with E-state index in [9.17, 15) is 22.4 Å². The second-order valence-electron chi connectivity index (χ2n) is 6.37. The van der Waals surface area contributed by atoms with Gasteiger partial charge in [0.25, 0.3) is 0 Å². The van der Waals surface area contributed by atoms with Gasteiger partial charge in [-0.05, 0) is 48.5 Å². The summed E-state index contributed by atoms with van der Waals surface area (Å²) in [5.41, 5.74) is -0.198. The Kier molecular flexibility index (Phi) is 6.02. The first-order valence-corrected chi connectivity index (χ1v) is 10.6. The van der Waals surface area contributed by atoms with Gasteiger partial charge in [-0.1, -0.05) is 0 Å². The average molecular weight is 432 g/mol. The van der Waals surface area contributed by atoms with E-state index in [1.54, 1.807) is 0 Å².